The van der Waals surface area contributed by atoms with Gasteiger partial charge in [0.2, 0.25) is 11.8 Å². The number of carbonyl (C=O) groups is 3. The molecule has 1 saturated heterocycles. The van der Waals surface area contributed by atoms with Gasteiger partial charge in [0.15, 0.2) is 0 Å². The van der Waals surface area contributed by atoms with Crippen molar-refractivity contribution in [2.75, 3.05) is 6.54 Å². The Morgan fingerprint density at radius 3 is 2.50 bits per heavy atom. The molecule has 0 aliphatic carbocycles. The second kappa shape index (κ2) is 6.40. The van der Waals surface area contributed by atoms with Crippen molar-refractivity contribution in [3.63, 3.8) is 0 Å². The molecule has 0 N–H and O–H groups in total. The maximum absolute atomic E-state index is 11.5. The largest absolute Gasteiger partial charge is 0.303 e. The van der Waals surface area contributed by atoms with Crippen LogP contribution in [0.4, 0.5) is 0 Å². The lowest BCUT2D eigenvalue weighted by Gasteiger charge is -2.13. The van der Waals surface area contributed by atoms with Crippen molar-refractivity contribution >= 4 is 18.1 Å². The molecule has 0 radical (unpaired) electrons. The smallest absolute Gasteiger partial charge is 0.232 e. The van der Waals surface area contributed by atoms with Crippen molar-refractivity contribution in [3.05, 3.63) is 0 Å². The maximum atomic E-state index is 11.5. The first-order chi connectivity index (χ1) is 7.66. The summed E-state index contributed by atoms with van der Waals surface area (Å²) in [6, 6.07) is 0. The maximum Gasteiger partial charge on any atom is 0.232 e. The first-order valence-corrected chi connectivity index (χ1v) is 5.94. The SMILES string of the molecule is CC1CC(=O)N(CCCCCCC=O)C1=O. The molecule has 4 nitrogen and oxygen atoms in total. The fraction of sp³-hybridized carbons (Fsp3) is 0.750. The van der Waals surface area contributed by atoms with Crippen molar-refractivity contribution < 1.29 is 14.4 Å². The normalized spacial score (nSPS) is 20.6. The number of imide groups is 1. The summed E-state index contributed by atoms with van der Waals surface area (Å²) in [6.07, 6.45) is 5.62. The average Bonchev–Trinajstić information content (AvgIpc) is 2.49. The van der Waals surface area contributed by atoms with Crippen molar-refractivity contribution in [2.24, 2.45) is 5.92 Å². The number of hydrogen-bond donors (Lipinski definition) is 0. The van der Waals surface area contributed by atoms with Gasteiger partial charge in [0.1, 0.15) is 6.29 Å². The second-order valence-electron chi connectivity index (χ2n) is 4.36. The summed E-state index contributed by atoms with van der Waals surface area (Å²) in [7, 11) is 0. The van der Waals surface area contributed by atoms with Crippen LogP contribution < -0.4 is 0 Å². The van der Waals surface area contributed by atoms with E-state index in [1.54, 1.807) is 6.92 Å². The molecule has 4 heteroatoms. The van der Waals surface area contributed by atoms with Crippen LogP contribution in [-0.4, -0.2) is 29.5 Å². The van der Waals surface area contributed by atoms with Gasteiger partial charge in [-0.3, -0.25) is 14.5 Å². The number of nitrogens with zero attached hydrogens (tertiary/aromatic N) is 1. The Morgan fingerprint density at radius 2 is 1.94 bits per heavy atom. The zero-order valence-corrected chi connectivity index (χ0v) is 9.78. The molecular formula is C12H19NO3. The van der Waals surface area contributed by atoms with Crippen LogP contribution in [0.2, 0.25) is 0 Å². The standard InChI is InChI=1S/C12H19NO3/c1-10-9-11(15)13(12(10)16)7-5-3-2-4-6-8-14/h8,10H,2-7,9H2,1H3. The van der Waals surface area contributed by atoms with E-state index in [2.05, 4.69) is 0 Å². The van der Waals surface area contributed by atoms with Crippen molar-refractivity contribution in [1.82, 2.24) is 4.90 Å². The molecule has 0 aromatic heterocycles. The third-order valence-corrected chi connectivity index (χ3v) is 2.92. The third kappa shape index (κ3) is 3.43. The number of unbranched alkanes of at least 4 members (excludes halogenated alkanes) is 4. The van der Waals surface area contributed by atoms with E-state index in [4.69, 9.17) is 0 Å². The molecule has 1 aliphatic heterocycles. The van der Waals surface area contributed by atoms with Crippen LogP contribution in [0.5, 0.6) is 0 Å². The topological polar surface area (TPSA) is 54.5 Å². The van der Waals surface area contributed by atoms with E-state index >= 15 is 0 Å². The van der Waals surface area contributed by atoms with Crippen LogP contribution >= 0.6 is 0 Å². The Bertz CT molecular complexity index is 275. The molecule has 0 bridgehead atoms. The molecular weight excluding hydrogens is 206 g/mol. The van der Waals surface area contributed by atoms with Crippen molar-refractivity contribution in [2.45, 2.75) is 45.4 Å². The van der Waals surface area contributed by atoms with E-state index in [1.165, 1.54) is 4.90 Å². The molecule has 1 aliphatic rings. The van der Waals surface area contributed by atoms with Gasteiger partial charge in [0, 0.05) is 25.3 Å². The van der Waals surface area contributed by atoms with Crippen LogP contribution in [0, 0.1) is 5.92 Å². The van der Waals surface area contributed by atoms with Gasteiger partial charge < -0.3 is 4.79 Å². The molecule has 16 heavy (non-hydrogen) atoms. The lowest BCUT2D eigenvalue weighted by atomic mass is 10.1. The Hall–Kier alpha value is -1.19. The number of rotatable bonds is 7. The summed E-state index contributed by atoms with van der Waals surface area (Å²) in [4.78, 5) is 34.4. The zero-order valence-electron chi connectivity index (χ0n) is 9.78. The second-order valence-corrected chi connectivity index (χ2v) is 4.36. The van der Waals surface area contributed by atoms with Crippen LogP contribution in [-0.2, 0) is 14.4 Å². The summed E-state index contributed by atoms with van der Waals surface area (Å²) < 4.78 is 0. The lowest BCUT2D eigenvalue weighted by molar-refractivity contribution is -0.139. The van der Waals surface area contributed by atoms with Gasteiger partial charge in [-0.05, 0) is 12.8 Å². The molecule has 1 heterocycles. The summed E-state index contributed by atoms with van der Waals surface area (Å²) in [5.74, 6) is -0.203. The minimum atomic E-state index is -0.137. The van der Waals surface area contributed by atoms with E-state index in [0.29, 0.717) is 19.4 Å². The highest BCUT2D eigenvalue weighted by Gasteiger charge is 2.34. The van der Waals surface area contributed by atoms with Crippen molar-refractivity contribution in [3.8, 4) is 0 Å². The first-order valence-electron chi connectivity index (χ1n) is 5.94. The molecule has 0 saturated carbocycles. The van der Waals surface area contributed by atoms with Gasteiger partial charge in [-0.1, -0.05) is 19.8 Å². The predicted molar refractivity (Wildman–Crippen MR) is 59.7 cm³/mol. The molecule has 90 valence electrons. The zero-order chi connectivity index (χ0) is 12.0. The fourth-order valence-electron chi connectivity index (χ4n) is 1.93. The van der Waals surface area contributed by atoms with Gasteiger partial charge in [-0.25, -0.2) is 0 Å². The molecule has 1 rings (SSSR count). The number of amides is 2. The highest BCUT2D eigenvalue weighted by molar-refractivity contribution is 6.03. The van der Waals surface area contributed by atoms with Crippen LogP contribution in [0.25, 0.3) is 0 Å². The highest BCUT2D eigenvalue weighted by atomic mass is 16.2. The van der Waals surface area contributed by atoms with Crippen LogP contribution in [0.3, 0.4) is 0 Å². The summed E-state index contributed by atoms with van der Waals surface area (Å²) in [5.41, 5.74) is 0. The van der Waals surface area contributed by atoms with E-state index in [-0.39, 0.29) is 17.7 Å². The minimum absolute atomic E-state index is 0.0297. The number of likely N-dealkylation sites (tertiary alicyclic amines) is 1. The minimum Gasteiger partial charge on any atom is -0.303 e. The molecule has 2 amide bonds. The number of hydrogen-bond acceptors (Lipinski definition) is 3. The van der Waals surface area contributed by atoms with Crippen LogP contribution in [0.15, 0.2) is 0 Å². The molecule has 1 atom stereocenters. The summed E-state index contributed by atoms with van der Waals surface area (Å²) >= 11 is 0. The third-order valence-electron chi connectivity index (χ3n) is 2.92. The Kier molecular flexibility index (Phi) is 5.15. The quantitative estimate of drug-likeness (QED) is 0.375. The molecule has 1 unspecified atom stereocenters. The Morgan fingerprint density at radius 1 is 1.25 bits per heavy atom. The molecule has 0 aromatic carbocycles. The van der Waals surface area contributed by atoms with E-state index in [9.17, 15) is 14.4 Å². The number of carbonyl (C=O) groups excluding carboxylic acids is 3. The average molecular weight is 225 g/mol. The van der Waals surface area contributed by atoms with E-state index < -0.39 is 0 Å². The van der Waals surface area contributed by atoms with Crippen LogP contribution in [0.1, 0.15) is 45.4 Å². The van der Waals surface area contributed by atoms with Gasteiger partial charge in [-0.2, -0.15) is 0 Å². The Labute approximate surface area is 96.0 Å². The predicted octanol–water partition coefficient (Wildman–Crippen LogP) is 1.53. The molecule has 0 spiro atoms. The lowest BCUT2D eigenvalue weighted by Crippen LogP contribution is -2.31. The highest BCUT2D eigenvalue weighted by Crippen LogP contribution is 2.19. The van der Waals surface area contributed by atoms with Gasteiger partial charge in [0.25, 0.3) is 0 Å². The monoisotopic (exact) mass is 225 g/mol. The Balaban J connectivity index is 2.15. The van der Waals surface area contributed by atoms with Gasteiger partial charge in [-0.15, -0.1) is 0 Å². The van der Waals surface area contributed by atoms with Gasteiger partial charge >= 0.3 is 0 Å². The number of aldehydes is 1. The van der Waals surface area contributed by atoms with E-state index in [0.717, 1.165) is 32.0 Å². The summed E-state index contributed by atoms with van der Waals surface area (Å²) in [5, 5.41) is 0. The van der Waals surface area contributed by atoms with E-state index in [1.807, 2.05) is 0 Å². The fourth-order valence-corrected chi connectivity index (χ4v) is 1.93. The first kappa shape index (κ1) is 12.9. The van der Waals surface area contributed by atoms with Gasteiger partial charge in [0.05, 0.1) is 0 Å². The molecule has 0 aromatic rings. The van der Waals surface area contributed by atoms with Crippen molar-refractivity contribution in [1.29, 1.82) is 0 Å². The molecule has 1 fully saturated rings. The summed E-state index contributed by atoms with van der Waals surface area (Å²) in [6.45, 7) is 2.34.